The smallest absolute Gasteiger partial charge is 0.379 e. The molecule has 0 atom stereocenters. The van der Waals surface area contributed by atoms with Crippen LogP contribution in [0.3, 0.4) is 0 Å². The zero-order valence-electron chi connectivity index (χ0n) is 11.8. The van der Waals surface area contributed by atoms with E-state index in [4.69, 9.17) is 5.73 Å². The van der Waals surface area contributed by atoms with E-state index < -0.39 is 12.7 Å². The van der Waals surface area contributed by atoms with E-state index in [1.807, 2.05) is 24.3 Å². The zero-order chi connectivity index (χ0) is 16.0. The van der Waals surface area contributed by atoms with Gasteiger partial charge in [-0.15, -0.1) is 0 Å². The highest BCUT2D eigenvalue weighted by atomic mass is 19.4. The Hall–Kier alpha value is -2.28. The van der Waals surface area contributed by atoms with Gasteiger partial charge in [-0.1, -0.05) is 18.2 Å². The lowest BCUT2D eigenvalue weighted by Crippen LogP contribution is -2.22. The standard InChI is InChI=1S/C15H17F3N4/c16-15(17,18)10-21-14-6-2-5-13(22-14)9-20-12-4-1-3-11(7-12)8-19/h1-7,20H,8-10,19H2,(H,21,22). The van der Waals surface area contributed by atoms with Gasteiger partial charge in [0, 0.05) is 12.2 Å². The topological polar surface area (TPSA) is 63.0 Å². The third kappa shape index (κ3) is 5.25. The molecule has 0 aliphatic heterocycles. The van der Waals surface area contributed by atoms with Gasteiger partial charge in [-0.05, 0) is 29.8 Å². The maximum absolute atomic E-state index is 12.2. The molecule has 118 valence electrons. The van der Waals surface area contributed by atoms with Crippen LogP contribution in [0.5, 0.6) is 0 Å². The average molecular weight is 310 g/mol. The second-order valence-corrected chi connectivity index (χ2v) is 4.74. The molecule has 0 saturated carbocycles. The maximum atomic E-state index is 12.2. The summed E-state index contributed by atoms with van der Waals surface area (Å²) in [6.07, 6.45) is -4.27. The van der Waals surface area contributed by atoms with E-state index >= 15 is 0 Å². The van der Waals surface area contributed by atoms with Crippen molar-refractivity contribution in [1.82, 2.24) is 4.98 Å². The predicted molar refractivity (Wildman–Crippen MR) is 80.4 cm³/mol. The predicted octanol–water partition coefficient (Wildman–Crippen LogP) is 3.13. The number of halogens is 3. The molecule has 0 unspecified atom stereocenters. The minimum absolute atomic E-state index is 0.201. The van der Waals surface area contributed by atoms with Crippen molar-refractivity contribution >= 4 is 11.5 Å². The number of nitrogens with zero attached hydrogens (tertiary/aromatic N) is 1. The van der Waals surface area contributed by atoms with Crippen LogP contribution in [0.4, 0.5) is 24.7 Å². The lowest BCUT2D eigenvalue weighted by molar-refractivity contribution is -0.115. The van der Waals surface area contributed by atoms with E-state index in [1.54, 1.807) is 12.1 Å². The van der Waals surface area contributed by atoms with Crippen LogP contribution in [0.1, 0.15) is 11.3 Å². The summed E-state index contributed by atoms with van der Waals surface area (Å²) in [5.74, 6) is 0.201. The maximum Gasteiger partial charge on any atom is 0.405 e. The summed E-state index contributed by atoms with van der Waals surface area (Å²) in [6.45, 7) is -0.240. The minimum atomic E-state index is -4.27. The van der Waals surface area contributed by atoms with Crippen molar-refractivity contribution in [3.63, 3.8) is 0 Å². The molecule has 2 rings (SSSR count). The molecule has 1 heterocycles. The number of hydrogen-bond acceptors (Lipinski definition) is 4. The quantitative estimate of drug-likeness (QED) is 0.767. The van der Waals surface area contributed by atoms with Crippen LogP contribution in [0.2, 0.25) is 0 Å². The molecule has 4 N–H and O–H groups in total. The van der Waals surface area contributed by atoms with Crippen molar-refractivity contribution in [1.29, 1.82) is 0 Å². The highest BCUT2D eigenvalue weighted by Crippen LogP contribution is 2.16. The largest absolute Gasteiger partial charge is 0.405 e. The molecule has 1 aromatic heterocycles. The first-order valence-corrected chi connectivity index (χ1v) is 6.76. The van der Waals surface area contributed by atoms with Crippen molar-refractivity contribution in [2.24, 2.45) is 5.73 Å². The summed E-state index contributed by atoms with van der Waals surface area (Å²) >= 11 is 0. The van der Waals surface area contributed by atoms with Crippen LogP contribution in [0, 0.1) is 0 Å². The molecule has 4 nitrogen and oxygen atoms in total. The molecular weight excluding hydrogens is 293 g/mol. The van der Waals surface area contributed by atoms with Crippen molar-refractivity contribution in [2.75, 3.05) is 17.2 Å². The number of aromatic nitrogens is 1. The number of nitrogens with one attached hydrogen (secondary N) is 2. The van der Waals surface area contributed by atoms with Crippen LogP contribution in [-0.4, -0.2) is 17.7 Å². The molecule has 2 aromatic rings. The first kappa shape index (κ1) is 16.1. The second-order valence-electron chi connectivity index (χ2n) is 4.74. The normalized spacial score (nSPS) is 11.3. The fourth-order valence-electron chi connectivity index (χ4n) is 1.87. The third-order valence-electron chi connectivity index (χ3n) is 2.91. The van der Waals surface area contributed by atoms with E-state index in [0.29, 0.717) is 18.8 Å². The van der Waals surface area contributed by atoms with E-state index in [1.165, 1.54) is 6.07 Å². The number of nitrogens with two attached hydrogens (primary N) is 1. The van der Waals surface area contributed by atoms with Gasteiger partial charge in [-0.2, -0.15) is 13.2 Å². The van der Waals surface area contributed by atoms with Crippen LogP contribution in [0.15, 0.2) is 42.5 Å². The van der Waals surface area contributed by atoms with Crippen molar-refractivity contribution < 1.29 is 13.2 Å². The van der Waals surface area contributed by atoms with E-state index in [2.05, 4.69) is 15.6 Å². The monoisotopic (exact) mass is 310 g/mol. The number of pyridine rings is 1. The average Bonchev–Trinajstić information content (AvgIpc) is 2.51. The Morgan fingerprint density at radius 3 is 2.55 bits per heavy atom. The summed E-state index contributed by atoms with van der Waals surface area (Å²) in [5, 5.41) is 5.43. The van der Waals surface area contributed by atoms with Gasteiger partial charge in [-0.3, -0.25) is 0 Å². The summed E-state index contributed by atoms with van der Waals surface area (Å²) in [6, 6.07) is 12.5. The SMILES string of the molecule is NCc1cccc(NCc2cccc(NCC(F)(F)F)n2)c1. The first-order chi connectivity index (χ1) is 10.5. The molecule has 0 aliphatic carbocycles. The van der Waals surface area contributed by atoms with Crippen LogP contribution < -0.4 is 16.4 Å². The number of hydrogen-bond donors (Lipinski definition) is 3. The minimum Gasteiger partial charge on any atom is -0.379 e. The van der Waals surface area contributed by atoms with Gasteiger partial charge in [0.05, 0.1) is 12.2 Å². The van der Waals surface area contributed by atoms with Crippen molar-refractivity contribution in [3.8, 4) is 0 Å². The van der Waals surface area contributed by atoms with E-state index in [-0.39, 0.29) is 5.82 Å². The molecule has 7 heteroatoms. The van der Waals surface area contributed by atoms with E-state index in [0.717, 1.165) is 11.3 Å². The molecule has 0 fully saturated rings. The molecule has 0 saturated heterocycles. The Labute approximate surface area is 126 Å². The summed E-state index contributed by atoms with van der Waals surface area (Å²) in [4.78, 5) is 4.14. The molecule has 0 spiro atoms. The van der Waals surface area contributed by atoms with Gasteiger partial charge in [0.1, 0.15) is 12.4 Å². The Morgan fingerprint density at radius 2 is 1.82 bits per heavy atom. The highest BCUT2D eigenvalue weighted by Gasteiger charge is 2.26. The lowest BCUT2D eigenvalue weighted by Gasteiger charge is -2.11. The molecule has 1 aromatic carbocycles. The van der Waals surface area contributed by atoms with Crippen molar-refractivity contribution in [3.05, 3.63) is 53.7 Å². The molecule has 0 aliphatic rings. The Kier molecular flexibility index (Phi) is 5.21. The number of benzene rings is 1. The van der Waals surface area contributed by atoms with Gasteiger partial charge < -0.3 is 16.4 Å². The number of alkyl halides is 3. The number of rotatable bonds is 6. The van der Waals surface area contributed by atoms with Gasteiger partial charge in [0.25, 0.3) is 0 Å². The van der Waals surface area contributed by atoms with Gasteiger partial charge in [-0.25, -0.2) is 4.98 Å². The highest BCUT2D eigenvalue weighted by molar-refractivity contribution is 5.46. The molecule has 0 radical (unpaired) electrons. The van der Waals surface area contributed by atoms with Crippen molar-refractivity contribution in [2.45, 2.75) is 19.3 Å². The molecule has 0 bridgehead atoms. The van der Waals surface area contributed by atoms with Gasteiger partial charge in [0.15, 0.2) is 0 Å². The Balaban J connectivity index is 1.95. The van der Waals surface area contributed by atoms with Gasteiger partial charge in [0.2, 0.25) is 0 Å². The van der Waals surface area contributed by atoms with Gasteiger partial charge >= 0.3 is 6.18 Å². The molecular formula is C15H17F3N4. The molecule has 0 amide bonds. The third-order valence-corrected chi connectivity index (χ3v) is 2.91. The summed E-state index contributed by atoms with van der Waals surface area (Å²) < 4.78 is 36.5. The van der Waals surface area contributed by atoms with E-state index in [9.17, 15) is 13.2 Å². The van der Waals surface area contributed by atoms with Crippen LogP contribution in [-0.2, 0) is 13.1 Å². The number of anilines is 2. The van der Waals surface area contributed by atoms with Crippen LogP contribution in [0.25, 0.3) is 0 Å². The lowest BCUT2D eigenvalue weighted by atomic mass is 10.2. The Morgan fingerprint density at radius 1 is 1.05 bits per heavy atom. The second kappa shape index (κ2) is 7.13. The molecule has 22 heavy (non-hydrogen) atoms. The summed E-state index contributed by atoms with van der Waals surface area (Å²) in [5.41, 5.74) is 8.10. The zero-order valence-corrected chi connectivity index (χ0v) is 11.8. The first-order valence-electron chi connectivity index (χ1n) is 6.76. The van der Waals surface area contributed by atoms with Crippen LogP contribution >= 0.6 is 0 Å². The fourth-order valence-corrected chi connectivity index (χ4v) is 1.87. The Bertz CT molecular complexity index is 614. The summed E-state index contributed by atoms with van der Waals surface area (Å²) in [7, 11) is 0. The fraction of sp³-hybridized carbons (Fsp3) is 0.267.